The summed E-state index contributed by atoms with van der Waals surface area (Å²) in [4.78, 5) is 0. The van der Waals surface area contributed by atoms with E-state index < -0.39 is 19.1 Å². The van der Waals surface area contributed by atoms with Crippen molar-refractivity contribution in [3.05, 3.63) is 29.8 Å². The molecular formula is C17H27NO2SSi. The quantitative estimate of drug-likeness (QED) is 0.672. The minimum Gasteiger partial charge on any atom is -0.497 e. The van der Waals surface area contributed by atoms with Crippen molar-refractivity contribution >= 4 is 19.1 Å². The first-order valence-corrected chi connectivity index (χ1v) is 12.0. The molecular weight excluding hydrogens is 310 g/mol. The highest BCUT2D eigenvalue weighted by Gasteiger charge is 2.23. The standard InChI is InChI=1S/C17H27NO2SSi/c1-17(2,3)21(19)18-16(12-13-22(5,6)7)14-8-10-15(20-4)11-9-14/h8-11,16,18H,1-7H3/t16-,21+/m0/s1. The van der Waals surface area contributed by atoms with Gasteiger partial charge in [0.1, 0.15) is 19.9 Å². The van der Waals surface area contributed by atoms with E-state index in [0.717, 1.165) is 11.3 Å². The van der Waals surface area contributed by atoms with Crippen LogP contribution in [0.3, 0.4) is 0 Å². The van der Waals surface area contributed by atoms with Gasteiger partial charge in [0.05, 0.1) is 22.8 Å². The molecule has 0 saturated heterocycles. The summed E-state index contributed by atoms with van der Waals surface area (Å²) >= 11 is 0. The Morgan fingerprint density at radius 1 is 1.18 bits per heavy atom. The minimum absolute atomic E-state index is 0.238. The smallest absolute Gasteiger partial charge is 0.129 e. The molecule has 0 radical (unpaired) electrons. The maximum atomic E-state index is 12.4. The monoisotopic (exact) mass is 337 g/mol. The number of hydrogen-bond donors (Lipinski definition) is 1. The number of nitrogens with one attached hydrogen (secondary N) is 1. The predicted octanol–water partition coefficient (Wildman–Crippen LogP) is 3.67. The van der Waals surface area contributed by atoms with Crippen LogP contribution in [0.2, 0.25) is 19.6 Å². The van der Waals surface area contributed by atoms with E-state index in [1.165, 1.54) is 0 Å². The molecule has 0 aliphatic carbocycles. The van der Waals surface area contributed by atoms with Crippen molar-refractivity contribution in [1.29, 1.82) is 0 Å². The fourth-order valence-electron chi connectivity index (χ4n) is 1.55. The van der Waals surface area contributed by atoms with E-state index >= 15 is 0 Å². The first-order chi connectivity index (χ1) is 10.0. The van der Waals surface area contributed by atoms with Gasteiger partial charge in [-0.25, -0.2) is 8.93 Å². The molecule has 3 nitrogen and oxygen atoms in total. The lowest BCUT2D eigenvalue weighted by Gasteiger charge is -2.22. The van der Waals surface area contributed by atoms with Gasteiger partial charge in [0.2, 0.25) is 0 Å². The van der Waals surface area contributed by atoms with Crippen molar-refractivity contribution in [3.63, 3.8) is 0 Å². The summed E-state index contributed by atoms with van der Waals surface area (Å²) in [7, 11) is -1.02. The molecule has 5 heteroatoms. The largest absolute Gasteiger partial charge is 0.497 e. The maximum absolute atomic E-state index is 12.4. The van der Waals surface area contributed by atoms with Gasteiger partial charge in [0, 0.05) is 0 Å². The summed E-state index contributed by atoms with van der Waals surface area (Å²) in [5, 5.41) is 0. The third kappa shape index (κ3) is 6.35. The zero-order valence-electron chi connectivity index (χ0n) is 14.6. The molecule has 22 heavy (non-hydrogen) atoms. The molecule has 1 aromatic rings. The van der Waals surface area contributed by atoms with E-state index in [-0.39, 0.29) is 10.8 Å². The van der Waals surface area contributed by atoms with Crippen molar-refractivity contribution in [2.75, 3.05) is 7.11 Å². The highest BCUT2D eigenvalue weighted by atomic mass is 32.2. The molecule has 0 aliphatic rings. The molecule has 0 bridgehead atoms. The van der Waals surface area contributed by atoms with Gasteiger partial charge in [-0.1, -0.05) is 37.7 Å². The molecule has 0 heterocycles. The number of rotatable bonds is 4. The Morgan fingerprint density at radius 2 is 1.73 bits per heavy atom. The highest BCUT2D eigenvalue weighted by molar-refractivity contribution is 7.84. The second-order valence-corrected chi connectivity index (χ2v) is 14.0. The third-order valence-corrected chi connectivity index (χ3v) is 5.28. The van der Waals surface area contributed by atoms with Crippen LogP contribution in [0, 0.1) is 11.5 Å². The second-order valence-electron chi connectivity index (χ2n) is 7.22. The van der Waals surface area contributed by atoms with Crippen LogP contribution in [-0.2, 0) is 11.0 Å². The van der Waals surface area contributed by atoms with Crippen LogP contribution in [0.15, 0.2) is 24.3 Å². The van der Waals surface area contributed by atoms with Gasteiger partial charge in [0.15, 0.2) is 0 Å². The molecule has 1 N–H and O–H groups in total. The lowest BCUT2D eigenvalue weighted by molar-refractivity contribution is 0.414. The van der Waals surface area contributed by atoms with Crippen LogP contribution in [0.4, 0.5) is 0 Å². The van der Waals surface area contributed by atoms with Crippen LogP contribution in [-0.4, -0.2) is 24.1 Å². The van der Waals surface area contributed by atoms with Crippen LogP contribution in [0.5, 0.6) is 5.75 Å². The molecule has 0 saturated carbocycles. The highest BCUT2D eigenvalue weighted by Crippen LogP contribution is 2.20. The van der Waals surface area contributed by atoms with Crippen LogP contribution in [0.25, 0.3) is 0 Å². The number of ether oxygens (including phenoxy) is 1. The first kappa shape index (κ1) is 19.0. The van der Waals surface area contributed by atoms with Crippen molar-refractivity contribution in [2.45, 2.75) is 51.2 Å². The van der Waals surface area contributed by atoms with Crippen molar-refractivity contribution in [3.8, 4) is 17.2 Å². The normalized spacial score (nSPS) is 14.7. The van der Waals surface area contributed by atoms with E-state index in [0.29, 0.717) is 0 Å². The van der Waals surface area contributed by atoms with E-state index in [9.17, 15) is 4.21 Å². The minimum atomic E-state index is -1.49. The molecule has 0 spiro atoms. The summed E-state index contributed by atoms with van der Waals surface area (Å²) in [5.74, 6) is 4.09. The molecule has 0 unspecified atom stereocenters. The maximum Gasteiger partial charge on any atom is 0.129 e. The molecule has 0 aliphatic heterocycles. The van der Waals surface area contributed by atoms with E-state index in [1.807, 2.05) is 45.0 Å². The second kappa shape index (κ2) is 7.45. The summed E-state index contributed by atoms with van der Waals surface area (Å²) in [6.07, 6.45) is 0. The summed E-state index contributed by atoms with van der Waals surface area (Å²) < 4.78 is 20.4. The van der Waals surface area contributed by atoms with E-state index in [4.69, 9.17) is 4.74 Å². The summed E-state index contributed by atoms with van der Waals surface area (Å²) in [6, 6.07) is 7.50. The first-order valence-electron chi connectivity index (χ1n) is 7.37. The Balaban J connectivity index is 3.09. The Bertz CT molecular complexity index is 574. The van der Waals surface area contributed by atoms with Gasteiger partial charge in [-0.2, -0.15) is 0 Å². The molecule has 1 aromatic carbocycles. The van der Waals surface area contributed by atoms with Gasteiger partial charge in [-0.15, -0.1) is 5.54 Å². The molecule has 0 amide bonds. The zero-order valence-corrected chi connectivity index (χ0v) is 16.4. The Kier molecular flexibility index (Phi) is 6.42. The SMILES string of the molecule is COc1ccc([C@H](C#C[Si](C)(C)C)N[S@](=O)C(C)(C)C)cc1. The van der Waals surface area contributed by atoms with Crippen LogP contribution < -0.4 is 9.46 Å². The molecule has 0 aromatic heterocycles. The molecule has 2 atom stereocenters. The average molecular weight is 338 g/mol. The number of benzene rings is 1. The van der Waals surface area contributed by atoms with Crippen molar-refractivity contribution in [1.82, 2.24) is 4.72 Å². The fraction of sp³-hybridized carbons (Fsp3) is 0.529. The predicted molar refractivity (Wildman–Crippen MR) is 97.9 cm³/mol. The molecule has 0 fully saturated rings. The van der Waals surface area contributed by atoms with Crippen LogP contribution >= 0.6 is 0 Å². The molecule has 1 rings (SSSR count). The Hall–Kier alpha value is -1.09. The van der Waals surface area contributed by atoms with Crippen molar-refractivity contribution < 1.29 is 8.95 Å². The topological polar surface area (TPSA) is 38.3 Å². The summed E-state index contributed by atoms with van der Waals surface area (Å²) in [6.45, 7) is 12.5. The average Bonchev–Trinajstić information content (AvgIpc) is 2.41. The van der Waals surface area contributed by atoms with Gasteiger partial charge in [-0.3, -0.25) is 0 Å². The Labute approximate surface area is 138 Å². The summed E-state index contributed by atoms with van der Waals surface area (Å²) in [5.41, 5.74) is 4.37. The van der Waals surface area contributed by atoms with E-state index in [1.54, 1.807) is 7.11 Å². The van der Waals surface area contributed by atoms with E-state index in [2.05, 4.69) is 35.8 Å². The lowest BCUT2D eigenvalue weighted by Crippen LogP contribution is -2.35. The third-order valence-electron chi connectivity index (χ3n) is 2.82. The van der Waals surface area contributed by atoms with Crippen LogP contribution in [0.1, 0.15) is 32.4 Å². The van der Waals surface area contributed by atoms with Gasteiger partial charge in [0.25, 0.3) is 0 Å². The zero-order chi connectivity index (χ0) is 17.0. The Morgan fingerprint density at radius 3 is 2.14 bits per heavy atom. The number of methoxy groups -OCH3 is 1. The lowest BCUT2D eigenvalue weighted by atomic mass is 10.1. The molecule has 122 valence electrons. The number of hydrogen-bond acceptors (Lipinski definition) is 2. The van der Waals surface area contributed by atoms with Gasteiger partial charge < -0.3 is 4.74 Å². The fourth-order valence-corrected chi connectivity index (χ4v) is 2.89. The van der Waals surface area contributed by atoms with Gasteiger partial charge in [-0.05, 0) is 38.5 Å². The van der Waals surface area contributed by atoms with Gasteiger partial charge >= 0.3 is 0 Å². The van der Waals surface area contributed by atoms with Crippen molar-refractivity contribution in [2.24, 2.45) is 0 Å².